The molecule has 98 valence electrons. The Morgan fingerprint density at radius 3 is 3.05 bits per heavy atom. The van der Waals surface area contributed by atoms with Gasteiger partial charge < -0.3 is 10.4 Å². The normalized spacial score (nSPS) is 18.6. The number of carbonyl (C=O) groups excluding carboxylic acids is 1. The van der Waals surface area contributed by atoms with Gasteiger partial charge in [-0.05, 0) is 24.5 Å². The Balaban J connectivity index is 1.88. The number of hydrogen-bond donors (Lipinski definition) is 2. The van der Waals surface area contributed by atoms with Crippen LogP contribution in [0.5, 0.6) is 0 Å². The lowest BCUT2D eigenvalue weighted by Gasteiger charge is -2.12. The van der Waals surface area contributed by atoms with Crippen LogP contribution in [0.4, 0.5) is 5.69 Å². The summed E-state index contributed by atoms with van der Waals surface area (Å²) in [5.41, 5.74) is 2.45. The molecule has 0 spiro atoms. The maximum Gasteiger partial charge on any atom is 0.249 e. The summed E-state index contributed by atoms with van der Waals surface area (Å²) in [5.74, 6) is -0.0978. The van der Waals surface area contributed by atoms with E-state index in [1.54, 1.807) is 6.20 Å². The van der Waals surface area contributed by atoms with Crippen molar-refractivity contribution in [3.05, 3.63) is 41.7 Å². The fourth-order valence-electron chi connectivity index (χ4n) is 2.29. The molecular weight excluding hydrogens is 244 g/mol. The van der Waals surface area contributed by atoms with Crippen molar-refractivity contribution in [1.82, 2.24) is 15.0 Å². The fourth-order valence-corrected chi connectivity index (χ4v) is 2.29. The number of hydrogen-bond acceptors (Lipinski definition) is 4. The first kappa shape index (κ1) is 11.9. The number of para-hydroxylation sites is 1. The Morgan fingerprint density at radius 2 is 2.26 bits per heavy atom. The summed E-state index contributed by atoms with van der Waals surface area (Å²) in [6.45, 7) is -0.172. The monoisotopic (exact) mass is 258 g/mol. The second kappa shape index (κ2) is 4.81. The van der Waals surface area contributed by atoms with Crippen molar-refractivity contribution in [3.8, 4) is 0 Å². The molecule has 3 rings (SSSR count). The number of aliphatic hydroxyl groups excluding tert-OH is 1. The maximum absolute atomic E-state index is 12.2. The number of anilines is 1. The Labute approximate surface area is 110 Å². The van der Waals surface area contributed by atoms with Crippen molar-refractivity contribution in [3.63, 3.8) is 0 Å². The second-order valence-electron chi connectivity index (χ2n) is 4.55. The predicted molar refractivity (Wildman–Crippen MR) is 68.4 cm³/mol. The van der Waals surface area contributed by atoms with Gasteiger partial charge in [-0.25, -0.2) is 4.68 Å². The number of nitrogens with zero attached hydrogens (tertiary/aromatic N) is 3. The van der Waals surface area contributed by atoms with E-state index in [9.17, 15) is 4.79 Å². The van der Waals surface area contributed by atoms with E-state index in [2.05, 4.69) is 15.6 Å². The van der Waals surface area contributed by atoms with Crippen LogP contribution < -0.4 is 5.32 Å². The van der Waals surface area contributed by atoms with E-state index in [0.717, 1.165) is 17.7 Å². The summed E-state index contributed by atoms with van der Waals surface area (Å²) in [4.78, 5) is 12.2. The van der Waals surface area contributed by atoms with Gasteiger partial charge in [-0.1, -0.05) is 23.4 Å². The van der Waals surface area contributed by atoms with E-state index < -0.39 is 0 Å². The standard InChI is InChI=1S/C13H14N4O2/c18-8-10-7-17(16-15-10)12-6-5-9-3-1-2-4-11(9)14-13(12)19/h1-4,7,12,18H,5-6,8H2,(H,14,19). The molecule has 1 aliphatic rings. The van der Waals surface area contributed by atoms with Gasteiger partial charge in [0.15, 0.2) is 0 Å². The summed E-state index contributed by atoms with van der Waals surface area (Å²) >= 11 is 0. The van der Waals surface area contributed by atoms with Crippen molar-refractivity contribution in [1.29, 1.82) is 0 Å². The molecule has 1 aromatic heterocycles. The van der Waals surface area contributed by atoms with Gasteiger partial charge in [0.2, 0.25) is 5.91 Å². The van der Waals surface area contributed by atoms with Crippen LogP contribution in [0, 0.1) is 0 Å². The quantitative estimate of drug-likeness (QED) is 0.838. The van der Waals surface area contributed by atoms with Gasteiger partial charge >= 0.3 is 0 Å². The number of rotatable bonds is 2. The third-order valence-electron chi connectivity index (χ3n) is 3.30. The molecule has 0 fully saturated rings. The highest BCUT2D eigenvalue weighted by Gasteiger charge is 2.25. The van der Waals surface area contributed by atoms with Crippen LogP contribution in [0.15, 0.2) is 30.5 Å². The zero-order valence-corrected chi connectivity index (χ0v) is 10.3. The summed E-state index contributed by atoms with van der Waals surface area (Å²) < 4.78 is 1.52. The minimum atomic E-state index is -0.389. The third kappa shape index (κ3) is 2.22. The molecule has 1 amide bonds. The number of benzene rings is 1. The highest BCUT2D eigenvalue weighted by molar-refractivity contribution is 5.95. The SMILES string of the molecule is O=C1Nc2ccccc2CCC1n1cc(CO)nn1. The van der Waals surface area contributed by atoms with Crippen LogP contribution in [0.25, 0.3) is 0 Å². The van der Waals surface area contributed by atoms with Crippen LogP contribution >= 0.6 is 0 Å². The van der Waals surface area contributed by atoms with Gasteiger partial charge in [0.05, 0.1) is 12.8 Å². The molecule has 6 nitrogen and oxygen atoms in total. The van der Waals surface area contributed by atoms with Gasteiger partial charge in [0, 0.05) is 5.69 Å². The van der Waals surface area contributed by atoms with Crippen LogP contribution in [0.2, 0.25) is 0 Å². The van der Waals surface area contributed by atoms with Crippen LogP contribution in [0.3, 0.4) is 0 Å². The number of amides is 1. The smallest absolute Gasteiger partial charge is 0.249 e. The molecular formula is C13H14N4O2. The highest BCUT2D eigenvalue weighted by Crippen LogP contribution is 2.26. The molecule has 1 unspecified atom stereocenters. The van der Waals surface area contributed by atoms with Crippen molar-refractivity contribution < 1.29 is 9.90 Å². The molecule has 2 heterocycles. The number of aliphatic hydroxyl groups is 1. The van der Waals surface area contributed by atoms with E-state index >= 15 is 0 Å². The zero-order chi connectivity index (χ0) is 13.2. The molecule has 2 aromatic rings. The largest absolute Gasteiger partial charge is 0.390 e. The van der Waals surface area contributed by atoms with Gasteiger partial charge in [-0.15, -0.1) is 5.10 Å². The van der Waals surface area contributed by atoms with E-state index in [4.69, 9.17) is 5.11 Å². The van der Waals surface area contributed by atoms with Gasteiger partial charge in [-0.3, -0.25) is 4.79 Å². The van der Waals surface area contributed by atoms with E-state index in [0.29, 0.717) is 12.1 Å². The minimum absolute atomic E-state index is 0.0978. The number of nitrogens with one attached hydrogen (secondary N) is 1. The molecule has 0 saturated heterocycles. The fraction of sp³-hybridized carbons (Fsp3) is 0.308. The van der Waals surface area contributed by atoms with E-state index in [1.807, 2.05) is 24.3 Å². The Kier molecular flexibility index (Phi) is 3.00. The maximum atomic E-state index is 12.2. The average molecular weight is 258 g/mol. The molecule has 19 heavy (non-hydrogen) atoms. The second-order valence-corrected chi connectivity index (χ2v) is 4.55. The molecule has 0 saturated carbocycles. The Hall–Kier alpha value is -2.21. The molecule has 0 aliphatic carbocycles. The first-order chi connectivity index (χ1) is 9.28. The van der Waals surface area contributed by atoms with Crippen LogP contribution in [0.1, 0.15) is 23.7 Å². The summed E-state index contributed by atoms with van der Waals surface area (Å²) in [6, 6.07) is 7.39. The van der Waals surface area contributed by atoms with E-state index in [1.165, 1.54) is 4.68 Å². The van der Waals surface area contributed by atoms with Gasteiger partial charge in [-0.2, -0.15) is 0 Å². The highest BCUT2D eigenvalue weighted by atomic mass is 16.3. The Morgan fingerprint density at radius 1 is 1.42 bits per heavy atom. The van der Waals surface area contributed by atoms with Crippen molar-refractivity contribution in [2.75, 3.05) is 5.32 Å². The number of aryl methyl sites for hydroxylation is 1. The molecule has 1 atom stereocenters. The summed E-state index contributed by atoms with van der Waals surface area (Å²) in [5, 5.41) is 19.6. The lowest BCUT2D eigenvalue weighted by atomic mass is 10.1. The van der Waals surface area contributed by atoms with Crippen molar-refractivity contribution in [2.45, 2.75) is 25.5 Å². The third-order valence-corrected chi connectivity index (χ3v) is 3.30. The molecule has 1 aromatic carbocycles. The summed E-state index contributed by atoms with van der Waals surface area (Å²) in [7, 11) is 0. The number of carbonyl (C=O) groups is 1. The van der Waals surface area contributed by atoms with Gasteiger partial charge in [0.1, 0.15) is 11.7 Å². The lowest BCUT2D eigenvalue weighted by Crippen LogP contribution is -2.25. The first-order valence-electron chi connectivity index (χ1n) is 6.18. The molecule has 0 radical (unpaired) electrons. The van der Waals surface area contributed by atoms with Crippen molar-refractivity contribution >= 4 is 11.6 Å². The molecule has 2 N–H and O–H groups in total. The van der Waals surface area contributed by atoms with Crippen LogP contribution in [-0.2, 0) is 17.8 Å². The molecule has 1 aliphatic heterocycles. The number of aromatic nitrogens is 3. The first-order valence-corrected chi connectivity index (χ1v) is 6.18. The van der Waals surface area contributed by atoms with Gasteiger partial charge in [0.25, 0.3) is 0 Å². The lowest BCUT2D eigenvalue weighted by molar-refractivity contribution is -0.119. The van der Waals surface area contributed by atoms with Crippen LogP contribution in [-0.4, -0.2) is 26.0 Å². The van der Waals surface area contributed by atoms with Crippen molar-refractivity contribution in [2.24, 2.45) is 0 Å². The average Bonchev–Trinajstić information content (AvgIpc) is 2.83. The predicted octanol–water partition coefficient (Wildman–Crippen LogP) is 0.896. The number of fused-ring (bicyclic) bond motifs is 1. The molecule has 0 bridgehead atoms. The zero-order valence-electron chi connectivity index (χ0n) is 10.3. The topological polar surface area (TPSA) is 80.0 Å². The summed E-state index contributed by atoms with van der Waals surface area (Å²) in [6.07, 6.45) is 3.07. The minimum Gasteiger partial charge on any atom is -0.390 e. The van der Waals surface area contributed by atoms with E-state index in [-0.39, 0.29) is 18.6 Å². The molecule has 6 heteroatoms. The Bertz CT molecular complexity index is 608.